The first-order chi connectivity index (χ1) is 3.13. The third-order valence-electron chi connectivity index (χ3n) is 0.402. The van der Waals surface area contributed by atoms with Crippen molar-refractivity contribution >= 4 is 29.1 Å². The number of aliphatic hydroxyl groups excluding tert-OH is 1. The monoisotopic (exact) mass is 160 g/mol. The summed E-state index contributed by atoms with van der Waals surface area (Å²) < 4.78 is 0. The van der Waals surface area contributed by atoms with Crippen molar-refractivity contribution in [2.45, 2.75) is 13.0 Å². The molecule has 4 heteroatoms. The van der Waals surface area contributed by atoms with Crippen molar-refractivity contribution in [1.82, 2.24) is 0 Å². The Bertz CT molecular complexity index is 42.2. The van der Waals surface area contributed by atoms with Gasteiger partial charge in [0.2, 0.25) is 0 Å². The molecule has 1 N–H and O–H groups in total. The van der Waals surface area contributed by atoms with Gasteiger partial charge in [0.1, 0.15) is 0 Å². The van der Waals surface area contributed by atoms with Crippen LogP contribution in [0.1, 0.15) is 6.92 Å². The third kappa shape index (κ3) is 6.97. The van der Waals surface area contributed by atoms with Crippen LogP contribution in [-0.4, -0.2) is 17.4 Å². The van der Waals surface area contributed by atoms with Gasteiger partial charge in [-0.2, -0.15) is 0 Å². The summed E-state index contributed by atoms with van der Waals surface area (Å²) in [6, 6.07) is 0. The lowest BCUT2D eigenvalue weighted by atomic mass is 10.5. The summed E-state index contributed by atoms with van der Waals surface area (Å²) in [6.45, 7) is 0.721. The van der Waals surface area contributed by atoms with E-state index >= 15 is 0 Å². The Morgan fingerprint density at radius 2 is 2.14 bits per heavy atom. The third-order valence-corrected chi connectivity index (χ3v) is 2.03. The van der Waals surface area contributed by atoms with E-state index in [-0.39, 0.29) is 6.10 Å². The molecule has 0 bridgehead atoms. The van der Waals surface area contributed by atoms with E-state index in [4.69, 9.17) is 27.6 Å². The van der Waals surface area contributed by atoms with Crippen LogP contribution in [0.3, 0.4) is 0 Å². The summed E-state index contributed by atoms with van der Waals surface area (Å²) in [5, 5.41) is 8.57. The molecule has 0 aromatic heterocycles. The zero-order valence-corrected chi connectivity index (χ0v) is 6.34. The molecule has 0 aliphatic carbocycles. The molecule has 44 valence electrons. The molecule has 0 heterocycles. The Kier molecular flexibility index (Phi) is 4.45. The highest BCUT2D eigenvalue weighted by atomic mass is 35.9. The molecule has 0 amide bonds. The van der Waals surface area contributed by atoms with E-state index in [1.807, 2.05) is 0 Å². The maximum absolute atomic E-state index is 8.57. The maximum Gasteiger partial charge on any atom is 0.0880 e. The second-order valence-corrected chi connectivity index (χ2v) is 5.27. The molecule has 0 saturated carbocycles. The van der Waals surface area contributed by atoms with E-state index in [1.165, 1.54) is 0 Å². The van der Waals surface area contributed by atoms with E-state index in [0.717, 1.165) is 0 Å². The molecular weight excluding hydrogens is 154 g/mol. The van der Waals surface area contributed by atoms with E-state index in [0.29, 0.717) is 6.16 Å². The van der Waals surface area contributed by atoms with Crippen molar-refractivity contribution in [3.63, 3.8) is 0 Å². The molecule has 0 saturated heterocycles. The van der Waals surface area contributed by atoms with Gasteiger partial charge in [-0.3, -0.25) is 0 Å². The molecule has 0 aliphatic rings. The Morgan fingerprint density at radius 1 is 1.71 bits per heavy atom. The number of aliphatic hydroxyl groups is 1. The van der Waals surface area contributed by atoms with E-state index in [2.05, 4.69) is 0 Å². The molecule has 0 radical (unpaired) electrons. The van der Waals surface area contributed by atoms with Crippen LogP contribution in [0.5, 0.6) is 0 Å². The predicted molar refractivity (Wildman–Crippen MR) is 35.2 cm³/mol. The van der Waals surface area contributed by atoms with Gasteiger partial charge >= 0.3 is 0 Å². The van der Waals surface area contributed by atoms with Crippen LogP contribution in [0, 0.1) is 0 Å². The smallest absolute Gasteiger partial charge is 0.0880 e. The van der Waals surface area contributed by atoms with Crippen LogP contribution < -0.4 is 0 Å². The lowest BCUT2D eigenvalue weighted by Crippen LogP contribution is -2.00. The molecule has 0 aliphatic heterocycles. The highest BCUT2D eigenvalue weighted by Gasteiger charge is 2.01. The van der Waals surface area contributed by atoms with Gasteiger partial charge in [0.05, 0.1) is 12.7 Å². The fraction of sp³-hybridized carbons (Fsp3) is 1.00. The Hall–Kier alpha value is 0.970. The van der Waals surface area contributed by atoms with E-state index in [1.54, 1.807) is 6.92 Å². The minimum Gasteiger partial charge on any atom is -0.393 e. The summed E-state index contributed by atoms with van der Waals surface area (Å²) in [5.74, 6) is 0. The predicted octanol–water partition coefficient (Wildman–Crippen LogP) is 2.16. The molecule has 7 heavy (non-hydrogen) atoms. The maximum atomic E-state index is 8.57. The zero-order valence-electron chi connectivity index (χ0n) is 3.93. The zero-order chi connectivity index (χ0) is 5.86. The van der Waals surface area contributed by atoms with Crippen molar-refractivity contribution in [1.29, 1.82) is 0 Å². The summed E-state index contributed by atoms with van der Waals surface area (Å²) in [4.78, 5) is 0. The average molecular weight is 161 g/mol. The van der Waals surface area contributed by atoms with Gasteiger partial charge in [-0.1, -0.05) is 22.5 Å². The first kappa shape index (κ1) is 7.97. The largest absolute Gasteiger partial charge is 0.393 e. The first-order valence-electron chi connectivity index (χ1n) is 1.90. The minimum atomic E-state index is -0.945. The molecule has 0 aromatic rings. The first-order valence-corrected chi connectivity index (χ1v) is 5.24. The fourth-order valence-corrected chi connectivity index (χ4v) is 1.80. The molecule has 1 unspecified atom stereocenters. The second-order valence-electron chi connectivity index (χ2n) is 1.33. The van der Waals surface area contributed by atoms with Crippen LogP contribution in [-0.2, 0) is 0 Å². The summed E-state index contributed by atoms with van der Waals surface area (Å²) in [5.41, 5.74) is 0. The van der Waals surface area contributed by atoms with Gasteiger partial charge in [-0.25, -0.2) is 0 Å². The van der Waals surface area contributed by atoms with Crippen LogP contribution in [0.15, 0.2) is 0 Å². The SMILES string of the molecule is CC(O)CP(Cl)Cl. The topological polar surface area (TPSA) is 20.2 Å². The summed E-state index contributed by atoms with van der Waals surface area (Å²) in [7, 11) is 0. The van der Waals surface area contributed by atoms with Crippen molar-refractivity contribution in [3.05, 3.63) is 0 Å². The highest BCUT2D eigenvalue weighted by Crippen LogP contribution is 2.46. The Labute approximate surface area is 54.0 Å². The van der Waals surface area contributed by atoms with E-state index < -0.39 is 6.63 Å². The second kappa shape index (κ2) is 3.91. The molecule has 0 spiro atoms. The van der Waals surface area contributed by atoms with Crippen molar-refractivity contribution < 1.29 is 5.11 Å². The minimum absolute atomic E-state index is 0.360. The van der Waals surface area contributed by atoms with Crippen LogP contribution in [0.4, 0.5) is 0 Å². The number of rotatable bonds is 2. The quantitative estimate of drug-likeness (QED) is 0.615. The van der Waals surface area contributed by atoms with Gasteiger partial charge in [0.15, 0.2) is 0 Å². The van der Waals surface area contributed by atoms with E-state index in [9.17, 15) is 0 Å². The Balaban J connectivity index is 2.95. The van der Waals surface area contributed by atoms with Crippen molar-refractivity contribution in [3.8, 4) is 0 Å². The fourth-order valence-electron chi connectivity index (χ4n) is 0.200. The molecule has 1 nitrogen and oxygen atoms in total. The normalized spacial score (nSPS) is 15.0. The molecule has 0 fully saturated rings. The van der Waals surface area contributed by atoms with Gasteiger partial charge in [0, 0.05) is 6.16 Å². The van der Waals surface area contributed by atoms with Gasteiger partial charge in [-0.15, -0.1) is 0 Å². The van der Waals surface area contributed by atoms with Crippen molar-refractivity contribution in [2.24, 2.45) is 0 Å². The summed E-state index contributed by atoms with van der Waals surface area (Å²) in [6.07, 6.45) is 0.152. The lowest BCUT2D eigenvalue weighted by Gasteiger charge is -2.00. The Morgan fingerprint density at radius 3 is 2.14 bits per heavy atom. The number of hydrogen-bond donors (Lipinski definition) is 1. The van der Waals surface area contributed by atoms with Crippen molar-refractivity contribution in [2.75, 3.05) is 6.16 Å². The lowest BCUT2D eigenvalue weighted by molar-refractivity contribution is 0.220. The summed E-state index contributed by atoms with van der Waals surface area (Å²) >= 11 is 10.7. The highest BCUT2D eigenvalue weighted by molar-refractivity contribution is 8.03. The molecule has 0 aromatic carbocycles. The van der Waals surface area contributed by atoms with Gasteiger partial charge in [-0.05, 0) is 6.92 Å². The number of halogens is 2. The molecule has 0 rings (SSSR count). The standard InChI is InChI=1S/C3H7Cl2OP/c1-3(6)2-7(4)5/h3,6H,2H2,1H3. The number of hydrogen-bond acceptors (Lipinski definition) is 1. The van der Waals surface area contributed by atoms with Crippen LogP contribution in [0.2, 0.25) is 0 Å². The van der Waals surface area contributed by atoms with Gasteiger partial charge in [0.25, 0.3) is 0 Å². The average Bonchev–Trinajstić information content (AvgIpc) is 1.27. The molecular formula is C3H7Cl2OP. The van der Waals surface area contributed by atoms with Crippen LogP contribution in [0.25, 0.3) is 0 Å². The van der Waals surface area contributed by atoms with Gasteiger partial charge < -0.3 is 5.11 Å². The molecule has 1 atom stereocenters. The van der Waals surface area contributed by atoms with Crippen LogP contribution >= 0.6 is 29.1 Å².